The molecule has 2 rings (SSSR count). The smallest absolute Gasteiger partial charge is 0.223 e. The first-order valence-electron chi connectivity index (χ1n) is 4.28. The molecule has 1 aromatic rings. The van der Waals surface area contributed by atoms with E-state index in [2.05, 4.69) is 15.0 Å². The molecule has 1 atom stereocenters. The maximum Gasteiger partial charge on any atom is 0.223 e. The summed E-state index contributed by atoms with van der Waals surface area (Å²) in [6, 6.07) is 0. The van der Waals surface area contributed by atoms with Crippen LogP contribution in [0.5, 0.6) is 0 Å². The minimum Gasteiger partial charge on any atom is -0.373 e. The van der Waals surface area contributed by atoms with Crippen molar-refractivity contribution in [3.63, 3.8) is 0 Å². The Balaban J connectivity index is 2.21. The van der Waals surface area contributed by atoms with Crippen LogP contribution in [0.15, 0.2) is 6.33 Å². The lowest BCUT2D eigenvalue weighted by atomic mass is 10.2. The summed E-state index contributed by atoms with van der Waals surface area (Å²) in [6.07, 6.45) is 3.78. The van der Waals surface area contributed by atoms with Gasteiger partial charge < -0.3 is 10.5 Å². The molecule has 1 aliphatic rings. The lowest BCUT2D eigenvalue weighted by molar-refractivity contribution is 0.0771. The number of methoxy groups -OCH3 is 1. The van der Waals surface area contributed by atoms with E-state index in [1.807, 2.05) is 0 Å². The topological polar surface area (TPSA) is 73.9 Å². The molecule has 5 heteroatoms. The van der Waals surface area contributed by atoms with E-state index in [0.717, 1.165) is 0 Å². The number of aromatic nitrogens is 3. The highest BCUT2D eigenvalue weighted by molar-refractivity contribution is 5.14. The zero-order valence-electron chi connectivity index (χ0n) is 7.47. The van der Waals surface area contributed by atoms with Crippen molar-refractivity contribution in [2.45, 2.75) is 18.9 Å². The average Bonchev–Trinajstić information content (AvgIpc) is 2.90. The second-order valence-electron chi connectivity index (χ2n) is 3.20. The molecule has 1 fully saturated rings. The van der Waals surface area contributed by atoms with Gasteiger partial charge in [-0.05, 0) is 18.8 Å². The van der Waals surface area contributed by atoms with Crippen LogP contribution in [0.3, 0.4) is 0 Å². The molecule has 0 aliphatic heterocycles. The summed E-state index contributed by atoms with van der Waals surface area (Å²) in [5.41, 5.74) is 5.45. The minimum atomic E-state index is -0.00898. The fourth-order valence-corrected chi connectivity index (χ4v) is 1.37. The van der Waals surface area contributed by atoms with Gasteiger partial charge in [-0.15, -0.1) is 0 Å². The van der Waals surface area contributed by atoms with E-state index in [-0.39, 0.29) is 12.1 Å². The van der Waals surface area contributed by atoms with Gasteiger partial charge in [-0.25, -0.2) is 9.97 Å². The fourth-order valence-electron chi connectivity index (χ4n) is 1.37. The highest BCUT2D eigenvalue weighted by atomic mass is 16.5. The highest BCUT2D eigenvalue weighted by Gasteiger charge is 2.34. The van der Waals surface area contributed by atoms with E-state index in [1.165, 1.54) is 19.2 Å². The molecule has 1 heterocycles. The summed E-state index contributed by atoms with van der Waals surface area (Å²) in [5, 5.41) is 0. The highest BCUT2D eigenvalue weighted by Crippen LogP contribution is 2.41. The molecule has 0 aromatic carbocycles. The van der Waals surface area contributed by atoms with Gasteiger partial charge >= 0.3 is 0 Å². The molecule has 13 heavy (non-hydrogen) atoms. The molecule has 2 N–H and O–H groups in total. The van der Waals surface area contributed by atoms with Gasteiger partial charge in [-0.2, -0.15) is 4.98 Å². The first kappa shape index (κ1) is 8.37. The summed E-state index contributed by atoms with van der Waals surface area (Å²) >= 11 is 0. The van der Waals surface area contributed by atoms with E-state index in [1.54, 1.807) is 7.11 Å². The van der Waals surface area contributed by atoms with Crippen molar-refractivity contribution >= 4 is 5.95 Å². The Hall–Kier alpha value is -1.23. The Morgan fingerprint density at radius 2 is 2.31 bits per heavy atom. The minimum absolute atomic E-state index is 0.00898. The first-order valence-corrected chi connectivity index (χ1v) is 4.28. The third kappa shape index (κ3) is 1.75. The van der Waals surface area contributed by atoms with E-state index >= 15 is 0 Å². The Bertz CT molecular complexity index is 300. The third-order valence-electron chi connectivity index (χ3n) is 2.17. The van der Waals surface area contributed by atoms with Gasteiger partial charge in [0.2, 0.25) is 5.95 Å². The normalized spacial score (nSPS) is 18.5. The SMILES string of the molecule is COC(c1ncnc(N)n1)C1CC1. The van der Waals surface area contributed by atoms with Crippen molar-refractivity contribution in [1.82, 2.24) is 15.0 Å². The van der Waals surface area contributed by atoms with Crippen LogP contribution in [-0.4, -0.2) is 22.1 Å². The fraction of sp³-hybridized carbons (Fsp3) is 0.625. The Labute approximate surface area is 76.4 Å². The summed E-state index contributed by atoms with van der Waals surface area (Å²) in [7, 11) is 1.67. The Morgan fingerprint density at radius 3 is 2.85 bits per heavy atom. The van der Waals surface area contributed by atoms with Gasteiger partial charge in [0.25, 0.3) is 0 Å². The van der Waals surface area contributed by atoms with Crippen molar-refractivity contribution in [3.8, 4) is 0 Å². The standard InChI is InChI=1S/C8H12N4O/c1-13-6(5-2-3-5)7-10-4-11-8(9)12-7/h4-6H,2-3H2,1H3,(H2,9,10,11,12). The largest absolute Gasteiger partial charge is 0.373 e. The number of rotatable bonds is 3. The molecule has 1 saturated carbocycles. The van der Waals surface area contributed by atoms with Gasteiger partial charge in [-0.3, -0.25) is 0 Å². The first-order chi connectivity index (χ1) is 6.31. The van der Waals surface area contributed by atoms with Gasteiger partial charge in [0.15, 0.2) is 5.82 Å². The Kier molecular flexibility index (Phi) is 2.10. The van der Waals surface area contributed by atoms with Gasteiger partial charge in [0, 0.05) is 7.11 Å². The predicted octanol–water partition coefficient (Wildman–Crippen LogP) is 0.551. The molecule has 1 aliphatic carbocycles. The maximum absolute atomic E-state index is 5.45. The van der Waals surface area contributed by atoms with Crippen molar-refractivity contribution in [2.24, 2.45) is 5.92 Å². The molecule has 0 spiro atoms. The van der Waals surface area contributed by atoms with Crippen LogP contribution in [-0.2, 0) is 4.74 Å². The van der Waals surface area contributed by atoms with Gasteiger partial charge in [0.1, 0.15) is 12.4 Å². The summed E-state index contributed by atoms with van der Waals surface area (Å²) in [5.74, 6) is 1.47. The van der Waals surface area contributed by atoms with Crippen LogP contribution < -0.4 is 5.73 Å². The zero-order chi connectivity index (χ0) is 9.26. The van der Waals surface area contributed by atoms with Crippen molar-refractivity contribution in [2.75, 3.05) is 12.8 Å². The van der Waals surface area contributed by atoms with Crippen LogP contribution in [0, 0.1) is 5.92 Å². The third-order valence-corrected chi connectivity index (χ3v) is 2.17. The number of nitrogens with two attached hydrogens (primary N) is 1. The number of anilines is 1. The van der Waals surface area contributed by atoms with Crippen molar-refractivity contribution < 1.29 is 4.74 Å². The van der Waals surface area contributed by atoms with Crippen LogP contribution in [0.4, 0.5) is 5.95 Å². The second-order valence-corrected chi connectivity index (χ2v) is 3.20. The number of hydrogen-bond acceptors (Lipinski definition) is 5. The quantitative estimate of drug-likeness (QED) is 0.735. The second kappa shape index (κ2) is 3.26. The number of ether oxygens (including phenoxy) is 1. The van der Waals surface area contributed by atoms with Crippen LogP contribution in [0.25, 0.3) is 0 Å². The van der Waals surface area contributed by atoms with Crippen molar-refractivity contribution in [1.29, 1.82) is 0 Å². The molecule has 1 aromatic heterocycles. The summed E-state index contributed by atoms with van der Waals surface area (Å²) < 4.78 is 5.31. The zero-order valence-corrected chi connectivity index (χ0v) is 7.47. The lowest BCUT2D eigenvalue weighted by Crippen LogP contribution is -2.10. The van der Waals surface area contributed by atoms with E-state index in [0.29, 0.717) is 11.7 Å². The molecular formula is C8H12N4O. The molecule has 0 bridgehead atoms. The number of nitrogens with zero attached hydrogens (tertiary/aromatic N) is 3. The molecule has 1 unspecified atom stereocenters. The molecule has 0 saturated heterocycles. The van der Waals surface area contributed by atoms with Gasteiger partial charge in [0.05, 0.1) is 0 Å². The molecule has 0 radical (unpaired) electrons. The number of nitrogen functional groups attached to an aromatic ring is 1. The lowest BCUT2D eigenvalue weighted by Gasteiger charge is -2.11. The molecule has 0 amide bonds. The average molecular weight is 180 g/mol. The van der Waals surface area contributed by atoms with E-state index in [9.17, 15) is 0 Å². The summed E-state index contributed by atoms with van der Waals surface area (Å²) in [6.45, 7) is 0. The maximum atomic E-state index is 5.45. The molecule has 5 nitrogen and oxygen atoms in total. The van der Waals surface area contributed by atoms with Crippen LogP contribution >= 0.6 is 0 Å². The van der Waals surface area contributed by atoms with Gasteiger partial charge in [-0.1, -0.05) is 0 Å². The predicted molar refractivity (Wildman–Crippen MR) is 46.7 cm³/mol. The number of hydrogen-bond donors (Lipinski definition) is 1. The van der Waals surface area contributed by atoms with E-state index < -0.39 is 0 Å². The van der Waals surface area contributed by atoms with Crippen LogP contribution in [0.1, 0.15) is 24.8 Å². The molecular weight excluding hydrogens is 168 g/mol. The van der Waals surface area contributed by atoms with Crippen LogP contribution in [0.2, 0.25) is 0 Å². The van der Waals surface area contributed by atoms with E-state index in [4.69, 9.17) is 10.5 Å². The molecule has 70 valence electrons. The van der Waals surface area contributed by atoms with Crippen molar-refractivity contribution in [3.05, 3.63) is 12.2 Å². The monoisotopic (exact) mass is 180 g/mol. The Morgan fingerprint density at radius 1 is 1.54 bits per heavy atom. The summed E-state index contributed by atoms with van der Waals surface area (Å²) in [4.78, 5) is 11.8.